The van der Waals surface area contributed by atoms with Gasteiger partial charge < -0.3 is 9.47 Å². The normalized spacial score (nSPS) is 10.4. The van der Waals surface area contributed by atoms with Crippen LogP contribution in [0.1, 0.15) is 0 Å². The molecule has 0 spiro atoms. The van der Waals surface area contributed by atoms with Gasteiger partial charge in [0.2, 0.25) is 5.95 Å². The molecule has 0 aromatic carbocycles. The van der Waals surface area contributed by atoms with Gasteiger partial charge in [0.15, 0.2) is 12.5 Å². The first-order valence-corrected chi connectivity index (χ1v) is 5.77. The average Bonchev–Trinajstić information content (AvgIpc) is 2.38. The predicted molar refractivity (Wildman–Crippen MR) is 65.4 cm³/mol. The largest absolute Gasteiger partial charge is 0.465 e. The smallest absolute Gasteiger partial charge is 0.233 e. The number of aromatic nitrogens is 3. The summed E-state index contributed by atoms with van der Waals surface area (Å²) in [6.07, 6.45) is 1.60. The molecule has 2 heterocycles. The van der Waals surface area contributed by atoms with Crippen LogP contribution in [0.3, 0.4) is 0 Å². The maximum atomic E-state index is 12.7. The number of methoxy groups -OCH3 is 1. The summed E-state index contributed by atoms with van der Waals surface area (Å²) in [5, 5.41) is 7.07. The molecule has 0 aliphatic rings. The summed E-state index contributed by atoms with van der Waals surface area (Å²) < 4.78 is 23.7. The molecule has 94 valence electrons. The second kappa shape index (κ2) is 5.83. The van der Waals surface area contributed by atoms with Crippen molar-refractivity contribution < 1.29 is 13.9 Å². The molecule has 0 amide bonds. The van der Waals surface area contributed by atoms with Gasteiger partial charge in [-0.15, -0.1) is 10.2 Å². The topological polar surface area (TPSA) is 57.1 Å². The predicted octanol–water partition coefficient (Wildman–Crippen LogP) is 2.42. The molecule has 0 radical (unpaired) electrons. The first-order chi connectivity index (χ1) is 8.70. The van der Waals surface area contributed by atoms with E-state index in [0.29, 0.717) is 17.1 Å². The minimum atomic E-state index is -0.643. The molecule has 0 N–H and O–H groups in total. The quantitative estimate of drug-likeness (QED) is 0.811. The van der Waals surface area contributed by atoms with E-state index >= 15 is 0 Å². The summed E-state index contributed by atoms with van der Waals surface area (Å²) in [4.78, 5) is 4.18. The van der Waals surface area contributed by atoms with Crippen molar-refractivity contribution in [3.05, 3.63) is 34.8 Å². The van der Waals surface area contributed by atoms with Crippen molar-refractivity contribution in [3.63, 3.8) is 0 Å². The SMILES string of the molecule is COCOc1cc(Br)cnc1-c1ccc(F)nn1. The standard InChI is InChI=1S/C11H9BrFN3O2/c1-17-6-18-9-4-7(12)5-14-11(9)8-2-3-10(13)16-15-8/h2-5H,6H2,1H3. The fourth-order valence-corrected chi connectivity index (χ4v) is 1.60. The van der Waals surface area contributed by atoms with Crippen molar-refractivity contribution in [2.45, 2.75) is 0 Å². The van der Waals surface area contributed by atoms with E-state index < -0.39 is 5.95 Å². The van der Waals surface area contributed by atoms with Crippen LogP contribution in [-0.4, -0.2) is 29.1 Å². The fraction of sp³-hybridized carbons (Fsp3) is 0.182. The Kier molecular flexibility index (Phi) is 4.16. The minimum Gasteiger partial charge on any atom is -0.465 e. The van der Waals surface area contributed by atoms with Crippen LogP contribution in [0.25, 0.3) is 11.4 Å². The molecule has 0 saturated carbocycles. The van der Waals surface area contributed by atoms with Crippen LogP contribution in [0.4, 0.5) is 4.39 Å². The Balaban J connectivity index is 2.39. The van der Waals surface area contributed by atoms with Gasteiger partial charge in [0, 0.05) is 17.8 Å². The summed E-state index contributed by atoms with van der Waals surface area (Å²) in [5.41, 5.74) is 0.901. The van der Waals surface area contributed by atoms with Crippen molar-refractivity contribution in [3.8, 4) is 17.1 Å². The molecule has 2 aromatic heterocycles. The van der Waals surface area contributed by atoms with Gasteiger partial charge in [0.05, 0.1) is 0 Å². The highest BCUT2D eigenvalue weighted by atomic mass is 79.9. The van der Waals surface area contributed by atoms with Gasteiger partial charge in [-0.2, -0.15) is 4.39 Å². The third-order valence-corrected chi connectivity index (χ3v) is 2.46. The molecule has 2 rings (SSSR count). The van der Waals surface area contributed by atoms with E-state index in [1.807, 2.05) is 0 Å². The van der Waals surface area contributed by atoms with E-state index in [2.05, 4.69) is 31.1 Å². The molecule has 0 saturated heterocycles. The zero-order valence-electron chi connectivity index (χ0n) is 9.43. The van der Waals surface area contributed by atoms with Gasteiger partial charge in [-0.1, -0.05) is 0 Å². The number of hydrogen-bond donors (Lipinski definition) is 0. The van der Waals surface area contributed by atoms with E-state index in [-0.39, 0.29) is 6.79 Å². The summed E-state index contributed by atoms with van der Waals surface area (Å²) in [7, 11) is 1.52. The Labute approximate surface area is 111 Å². The molecule has 7 heteroatoms. The van der Waals surface area contributed by atoms with Crippen molar-refractivity contribution in [2.24, 2.45) is 0 Å². The Bertz CT molecular complexity index is 536. The molecule has 18 heavy (non-hydrogen) atoms. The number of hydrogen-bond acceptors (Lipinski definition) is 5. The lowest BCUT2D eigenvalue weighted by Crippen LogP contribution is -2.02. The first-order valence-electron chi connectivity index (χ1n) is 4.97. The molecule has 0 unspecified atom stereocenters. The third kappa shape index (κ3) is 2.99. The summed E-state index contributed by atoms with van der Waals surface area (Å²) in [5.74, 6) is -0.164. The summed E-state index contributed by atoms with van der Waals surface area (Å²) in [6.45, 7) is 0.0831. The number of halogens is 2. The highest BCUT2D eigenvalue weighted by Crippen LogP contribution is 2.28. The zero-order valence-corrected chi connectivity index (χ0v) is 11.0. The molecule has 2 aromatic rings. The molecule has 0 aliphatic heterocycles. The Morgan fingerprint density at radius 3 is 2.83 bits per heavy atom. The fourth-order valence-electron chi connectivity index (χ4n) is 1.29. The first kappa shape index (κ1) is 12.8. The third-order valence-electron chi connectivity index (χ3n) is 2.03. The van der Waals surface area contributed by atoms with Crippen LogP contribution >= 0.6 is 15.9 Å². The lowest BCUT2D eigenvalue weighted by molar-refractivity contribution is 0.0512. The molecule has 5 nitrogen and oxygen atoms in total. The van der Waals surface area contributed by atoms with E-state index in [0.717, 1.165) is 4.47 Å². The van der Waals surface area contributed by atoms with Gasteiger partial charge in [-0.05, 0) is 34.1 Å². The minimum absolute atomic E-state index is 0.0831. The molecule has 0 bridgehead atoms. The van der Waals surface area contributed by atoms with Crippen LogP contribution < -0.4 is 4.74 Å². The summed E-state index contributed by atoms with van der Waals surface area (Å²) in [6, 6.07) is 4.43. The van der Waals surface area contributed by atoms with Crippen LogP contribution in [-0.2, 0) is 4.74 Å². The van der Waals surface area contributed by atoms with Crippen molar-refractivity contribution >= 4 is 15.9 Å². The lowest BCUT2D eigenvalue weighted by atomic mass is 10.2. The maximum Gasteiger partial charge on any atom is 0.233 e. The maximum absolute atomic E-state index is 12.7. The lowest BCUT2D eigenvalue weighted by Gasteiger charge is -2.09. The average molecular weight is 314 g/mol. The molecule has 0 aliphatic carbocycles. The molecular weight excluding hydrogens is 305 g/mol. The van der Waals surface area contributed by atoms with E-state index in [1.165, 1.54) is 19.2 Å². The van der Waals surface area contributed by atoms with Crippen LogP contribution in [0, 0.1) is 5.95 Å². The van der Waals surface area contributed by atoms with Gasteiger partial charge in [0.25, 0.3) is 0 Å². The van der Waals surface area contributed by atoms with E-state index in [1.54, 1.807) is 12.3 Å². The van der Waals surface area contributed by atoms with E-state index in [4.69, 9.17) is 9.47 Å². The Morgan fingerprint density at radius 2 is 2.17 bits per heavy atom. The van der Waals surface area contributed by atoms with Crippen LogP contribution in [0.2, 0.25) is 0 Å². The van der Waals surface area contributed by atoms with Crippen molar-refractivity contribution in [2.75, 3.05) is 13.9 Å². The molecular formula is C11H9BrFN3O2. The number of rotatable bonds is 4. The van der Waals surface area contributed by atoms with Crippen molar-refractivity contribution in [1.29, 1.82) is 0 Å². The van der Waals surface area contributed by atoms with Crippen molar-refractivity contribution in [1.82, 2.24) is 15.2 Å². The number of nitrogens with zero attached hydrogens (tertiary/aromatic N) is 3. The zero-order chi connectivity index (χ0) is 13.0. The van der Waals surface area contributed by atoms with Crippen LogP contribution in [0.15, 0.2) is 28.9 Å². The van der Waals surface area contributed by atoms with Gasteiger partial charge in [-0.3, -0.25) is 0 Å². The van der Waals surface area contributed by atoms with Gasteiger partial charge in [-0.25, -0.2) is 4.98 Å². The number of ether oxygens (including phenoxy) is 2. The summed E-state index contributed by atoms with van der Waals surface area (Å²) >= 11 is 3.29. The highest BCUT2D eigenvalue weighted by Gasteiger charge is 2.11. The monoisotopic (exact) mass is 313 g/mol. The van der Waals surface area contributed by atoms with Gasteiger partial charge in [0.1, 0.15) is 11.4 Å². The Hall–Kier alpha value is -1.60. The Morgan fingerprint density at radius 1 is 1.33 bits per heavy atom. The molecule has 0 atom stereocenters. The number of pyridine rings is 1. The van der Waals surface area contributed by atoms with E-state index in [9.17, 15) is 4.39 Å². The van der Waals surface area contributed by atoms with Gasteiger partial charge >= 0.3 is 0 Å². The second-order valence-corrected chi connectivity index (χ2v) is 4.21. The highest BCUT2D eigenvalue weighted by molar-refractivity contribution is 9.10. The van der Waals surface area contributed by atoms with Crippen LogP contribution in [0.5, 0.6) is 5.75 Å². The second-order valence-electron chi connectivity index (χ2n) is 3.29. The molecule has 0 fully saturated rings.